The Morgan fingerprint density at radius 2 is 2.13 bits per heavy atom. The van der Waals surface area contributed by atoms with E-state index >= 15 is 0 Å². The summed E-state index contributed by atoms with van der Waals surface area (Å²) in [6.45, 7) is 2.17. The normalized spacial score (nSPS) is 13.9. The molecule has 2 aromatic rings. The van der Waals surface area contributed by atoms with E-state index in [9.17, 15) is 14.0 Å². The number of hydrogen-bond acceptors (Lipinski definition) is 3. The Bertz CT molecular complexity index is 825. The number of benzene rings is 1. The van der Waals surface area contributed by atoms with E-state index in [2.05, 4.69) is 10.4 Å². The lowest BCUT2D eigenvalue weighted by molar-refractivity contribution is 0.0960. The highest BCUT2D eigenvalue weighted by Gasteiger charge is 2.24. The van der Waals surface area contributed by atoms with Gasteiger partial charge in [-0.15, -0.1) is 0 Å². The third kappa shape index (κ3) is 3.16. The fraction of sp³-hybridized carbons (Fsp3) is 0.353. The number of halogens is 1. The van der Waals surface area contributed by atoms with Gasteiger partial charge in [-0.1, -0.05) is 12.1 Å². The highest BCUT2D eigenvalue weighted by Crippen LogP contribution is 2.30. The largest absolute Gasteiger partial charge is 0.355 e. The maximum absolute atomic E-state index is 13.8. The molecule has 120 valence electrons. The molecule has 0 atom stereocenters. The van der Waals surface area contributed by atoms with Crippen LogP contribution in [0.1, 0.15) is 28.8 Å². The molecule has 1 aliphatic carbocycles. The molecule has 1 N–H and O–H groups in total. The Morgan fingerprint density at radius 3 is 2.74 bits per heavy atom. The first kappa shape index (κ1) is 15.4. The van der Waals surface area contributed by atoms with Crippen molar-refractivity contribution in [2.24, 2.45) is 5.92 Å². The second kappa shape index (κ2) is 5.95. The standard InChI is InChI=1S/C17H18FN3O2/c1-10-3-6-12(7-14(10)18)15-8-13(16(22)19-2)17(23)21(20-15)9-11-4-5-11/h3,6-8,11H,4-5,9H2,1-2H3,(H,19,22). The second-order valence-electron chi connectivity index (χ2n) is 5.92. The van der Waals surface area contributed by atoms with Crippen LogP contribution in [0.2, 0.25) is 0 Å². The molecule has 1 aromatic carbocycles. The van der Waals surface area contributed by atoms with Gasteiger partial charge in [0, 0.05) is 19.2 Å². The van der Waals surface area contributed by atoms with Crippen LogP contribution in [0.3, 0.4) is 0 Å². The van der Waals surface area contributed by atoms with Gasteiger partial charge in [-0.2, -0.15) is 5.10 Å². The summed E-state index contributed by atoms with van der Waals surface area (Å²) in [4.78, 5) is 24.4. The van der Waals surface area contributed by atoms with Crippen LogP contribution < -0.4 is 10.9 Å². The van der Waals surface area contributed by atoms with Crippen LogP contribution in [-0.4, -0.2) is 22.7 Å². The minimum absolute atomic E-state index is 0.0270. The summed E-state index contributed by atoms with van der Waals surface area (Å²) in [6, 6.07) is 6.19. The number of hydrogen-bond donors (Lipinski definition) is 1. The van der Waals surface area contributed by atoms with Gasteiger partial charge in [0.15, 0.2) is 0 Å². The van der Waals surface area contributed by atoms with Gasteiger partial charge in [0.05, 0.1) is 5.69 Å². The smallest absolute Gasteiger partial charge is 0.279 e. The van der Waals surface area contributed by atoms with Crippen LogP contribution in [-0.2, 0) is 6.54 Å². The van der Waals surface area contributed by atoms with Gasteiger partial charge >= 0.3 is 0 Å². The predicted octanol–water partition coefficient (Wildman–Crippen LogP) is 2.13. The van der Waals surface area contributed by atoms with Gasteiger partial charge < -0.3 is 5.32 Å². The number of nitrogens with one attached hydrogen (secondary N) is 1. The predicted molar refractivity (Wildman–Crippen MR) is 84.7 cm³/mol. The van der Waals surface area contributed by atoms with Crippen LogP contribution in [0.15, 0.2) is 29.1 Å². The van der Waals surface area contributed by atoms with Crippen molar-refractivity contribution in [3.05, 3.63) is 51.6 Å². The molecule has 3 rings (SSSR count). The summed E-state index contributed by atoms with van der Waals surface area (Å²) < 4.78 is 15.1. The number of carbonyl (C=O) groups is 1. The van der Waals surface area contributed by atoms with Crippen LogP contribution in [0, 0.1) is 18.7 Å². The van der Waals surface area contributed by atoms with Gasteiger partial charge in [0.2, 0.25) is 0 Å². The fourth-order valence-electron chi connectivity index (χ4n) is 2.40. The number of nitrogens with zero attached hydrogens (tertiary/aromatic N) is 2. The molecule has 0 spiro atoms. The Balaban J connectivity index is 2.13. The van der Waals surface area contributed by atoms with Crippen LogP contribution in [0.25, 0.3) is 11.3 Å². The van der Waals surface area contributed by atoms with Crippen molar-refractivity contribution in [2.75, 3.05) is 7.05 Å². The van der Waals surface area contributed by atoms with E-state index in [1.54, 1.807) is 19.1 Å². The number of aryl methyl sites for hydroxylation is 1. The molecule has 5 nitrogen and oxygen atoms in total. The zero-order chi connectivity index (χ0) is 16.6. The molecule has 0 aliphatic heterocycles. The Hall–Kier alpha value is -2.50. The van der Waals surface area contributed by atoms with E-state index in [0.29, 0.717) is 29.3 Å². The fourth-order valence-corrected chi connectivity index (χ4v) is 2.40. The SMILES string of the molecule is CNC(=O)c1cc(-c2ccc(C)c(F)c2)nn(CC2CC2)c1=O. The van der Waals surface area contributed by atoms with Crippen LogP contribution in [0.4, 0.5) is 4.39 Å². The molecule has 1 amide bonds. The van der Waals surface area contributed by atoms with Gasteiger partial charge in [0.25, 0.3) is 11.5 Å². The lowest BCUT2D eigenvalue weighted by atomic mass is 10.1. The van der Waals surface area contributed by atoms with Crippen LogP contribution in [0.5, 0.6) is 0 Å². The number of carbonyl (C=O) groups excluding carboxylic acids is 1. The first-order valence-electron chi connectivity index (χ1n) is 7.60. The summed E-state index contributed by atoms with van der Waals surface area (Å²) in [6.07, 6.45) is 2.12. The highest BCUT2D eigenvalue weighted by atomic mass is 19.1. The lowest BCUT2D eigenvalue weighted by Gasteiger charge is -2.10. The van der Waals surface area contributed by atoms with Crippen molar-refractivity contribution < 1.29 is 9.18 Å². The summed E-state index contributed by atoms with van der Waals surface area (Å²) in [7, 11) is 1.47. The summed E-state index contributed by atoms with van der Waals surface area (Å²) in [5.74, 6) is -0.371. The van der Waals surface area contributed by atoms with E-state index in [-0.39, 0.29) is 11.4 Å². The topological polar surface area (TPSA) is 64.0 Å². The molecule has 0 bridgehead atoms. The van der Waals surface area contributed by atoms with E-state index in [1.165, 1.54) is 23.9 Å². The lowest BCUT2D eigenvalue weighted by Crippen LogP contribution is -2.33. The highest BCUT2D eigenvalue weighted by molar-refractivity contribution is 5.94. The average Bonchev–Trinajstić information content (AvgIpc) is 3.35. The number of aromatic nitrogens is 2. The first-order chi connectivity index (χ1) is 11.0. The molecule has 1 fully saturated rings. The molecule has 0 saturated heterocycles. The molecule has 0 radical (unpaired) electrons. The minimum Gasteiger partial charge on any atom is -0.355 e. The Morgan fingerprint density at radius 1 is 1.39 bits per heavy atom. The number of amides is 1. The van der Waals surface area contributed by atoms with Crippen molar-refractivity contribution in [1.82, 2.24) is 15.1 Å². The van der Waals surface area contributed by atoms with E-state index in [4.69, 9.17) is 0 Å². The van der Waals surface area contributed by atoms with Crippen molar-refractivity contribution in [1.29, 1.82) is 0 Å². The average molecular weight is 315 g/mol. The first-order valence-corrected chi connectivity index (χ1v) is 7.60. The monoisotopic (exact) mass is 315 g/mol. The number of rotatable bonds is 4. The molecular formula is C17H18FN3O2. The summed E-state index contributed by atoms with van der Waals surface area (Å²) in [5.41, 5.74) is 1.11. The zero-order valence-corrected chi connectivity index (χ0v) is 13.1. The third-order valence-corrected chi connectivity index (χ3v) is 4.04. The van der Waals surface area contributed by atoms with E-state index in [0.717, 1.165) is 12.8 Å². The molecule has 1 saturated carbocycles. The summed E-state index contributed by atoms with van der Waals surface area (Å²) >= 11 is 0. The molecule has 6 heteroatoms. The maximum Gasteiger partial charge on any atom is 0.279 e. The Kier molecular flexibility index (Phi) is 3.98. The molecule has 23 heavy (non-hydrogen) atoms. The quantitative estimate of drug-likeness (QED) is 0.940. The van der Waals surface area contributed by atoms with Crippen molar-refractivity contribution in [3.63, 3.8) is 0 Å². The maximum atomic E-state index is 13.8. The molecular weight excluding hydrogens is 297 g/mol. The Labute approximate surface area is 133 Å². The molecule has 1 aliphatic rings. The van der Waals surface area contributed by atoms with E-state index < -0.39 is 11.5 Å². The third-order valence-electron chi connectivity index (χ3n) is 4.04. The molecule has 0 unspecified atom stereocenters. The molecule has 1 aromatic heterocycles. The van der Waals surface area contributed by atoms with Gasteiger partial charge in [-0.05, 0) is 43.4 Å². The van der Waals surface area contributed by atoms with E-state index in [1.807, 2.05) is 0 Å². The van der Waals surface area contributed by atoms with Gasteiger partial charge in [0.1, 0.15) is 11.4 Å². The second-order valence-corrected chi connectivity index (χ2v) is 5.92. The van der Waals surface area contributed by atoms with Crippen molar-refractivity contribution in [2.45, 2.75) is 26.3 Å². The minimum atomic E-state index is -0.462. The summed E-state index contributed by atoms with van der Waals surface area (Å²) in [5, 5.41) is 6.79. The zero-order valence-electron chi connectivity index (χ0n) is 13.1. The van der Waals surface area contributed by atoms with Gasteiger partial charge in [-0.25, -0.2) is 9.07 Å². The molecule has 1 heterocycles. The van der Waals surface area contributed by atoms with Gasteiger partial charge in [-0.3, -0.25) is 9.59 Å². The van der Waals surface area contributed by atoms with Crippen LogP contribution >= 0.6 is 0 Å². The van der Waals surface area contributed by atoms with Crippen molar-refractivity contribution >= 4 is 5.91 Å². The van der Waals surface area contributed by atoms with Crippen molar-refractivity contribution in [3.8, 4) is 11.3 Å².